The van der Waals surface area contributed by atoms with Crippen LogP contribution in [0.15, 0.2) is 218 Å². The monoisotopic (exact) mass is 824 g/mol. The number of aromatic nitrogens is 1. The molecule has 0 bridgehead atoms. The summed E-state index contributed by atoms with van der Waals surface area (Å²) in [4.78, 5) is 5.14. The number of pyridine rings is 1. The first-order valence-corrected chi connectivity index (χ1v) is 22.4. The van der Waals surface area contributed by atoms with Gasteiger partial charge < -0.3 is 10.1 Å². The van der Waals surface area contributed by atoms with Crippen LogP contribution in [0.25, 0.3) is 61.5 Å². The second-order valence-electron chi connectivity index (χ2n) is 17.5. The lowest BCUT2D eigenvalue weighted by Crippen LogP contribution is -2.25. The van der Waals surface area contributed by atoms with Gasteiger partial charge in [-0.05, 0) is 87.2 Å². The minimum absolute atomic E-state index is 0.0519. The van der Waals surface area contributed by atoms with Crippen molar-refractivity contribution in [2.75, 3.05) is 0 Å². The third kappa shape index (κ3) is 7.39. The maximum Gasteiger partial charge on any atom is 0.139 e. The molecule has 8 aromatic rings. The number of fused-ring (bicyclic) bond motifs is 2. The number of ether oxygens (including phenoxy) is 1. The highest BCUT2D eigenvalue weighted by Crippen LogP contribution is 2.54. The Morgan fingerprint density at radius 1 is 0.500 bits per heavy atom. The largest absolute Gasteiger partial charge is 0.455 e. The van der Waals surface area contributed by atoms with Crippen LogP contribution in [0.3, 0.4) is 0 Å². The van der Waals surface area contributed by atoms with Crippen LogP contribution in [0.2, 0.25) is 0 Å². The van der Waals surface area contributed by atoms with E-state index in [1.54, 1.807) is 0 Å². The number of allylic oxidation sites excluding steroid dienone is 6. The number of hydrogen-bond donors (Lipinski definition) is 1. The van der Waals surface area contributed by atoms with Gasteiger partial charge in [-0.15, -0.1) is 0 Å². The number of dihydropyridines is 1. The molecule has 1 aromatic heterocycles. The van der Waals surface area contributed by atoms with Crippen LogP contribution >= 0.6 is 0 Å². The van der Waals surface area contributed by atoms with Crippen molar-refractivity contribution in [2.24, 2.45) is 0 Å². The van der Waals surface area contributed by atoms with Crippen LogP contribution in [0.5, 0.6) is 11.5 Å². The van der Waals surface area contributed by atoms with Crippen LogP contribution in [-0.2, 0) is 5.41 Å². The lowest BCUT2D eigenvalue weighted by molar-refractivity contribution is 0.421. The van der Waals surface area contributed by atoms with Gasteiger partial charge in [-0.2, -0.15) is 0 Å². The van der Waals surface area contributed by atoms with E-state index in [4.69, 9.17) is 9.72 Å². The fourth-order valence-electron chi connectivity index (χ4n) is 9.51. The van der Waals surface area contributed by atoms with Gasteiger partial charge in [-0.25, -0.2) is 4.98 Å². The van der Waals surface area contributed by atoms with Crippen molar-refractivity contribution in [3.05, 3.63) is 252 Å². The second-order valence-corrected chi connectivity index (χ2v) is 17.5. The summed E-state index contributed by atoms with van der Waals surface area (Å²) in [6.07, 6.45) is 13.5. The summed E-state index contributed by atoms with van der Waals surface area (Å²) in [6, 6.07) is 67.3. The minimum atomic E-state index is -0.288. The van der Waals surface area contributed by atoms with Crippen molar-refractivity contribution in [1.82, 2.24) is 10.3 Å². The summed E-state index contributed by atoms with van der Waals surface area (Å²) >= 11 is 0. The number of para-hydroxylation sites is 2. The van der Waals surface area contributed by atoms with Crippen molar-refractivity contribution in [3.63, 3.8) is 0 Å². The third-order valence-corrected chi connectivity index (χ3v) is 13.0. The Morgan fingerprint density at radius 2 is 1.06 bits per heavy atom. The highest BCUT2D eigenvalue weighted by atomic mass is 16.5. The van der Waals surface area contributed by atoms with Crippen LogP contribution in [0.4, 0.5) is 0 Å². The average Bonchev–Trinajstić information content (AvgIpc) is 3.37. The van der Waals surface area contributed by atoms with Gasteiger partial charge in [-0.3, -0.25) is 0 Å². The van der Waals surface area contributed by atoms with E-state index in [-0.39, 0.29) is 11.5 Å². The molecule has 0 saturated carbocycles. The Morgan fingerprint density at radius 3 is 1.67 bits per heavy atom. The molecule has 1 atom stereocenters. The van der Waals surface area contributed by atoms with Crippen LogP contribution in [-0.4, -0.2) is 4.98 Å². The molecule has 3 heterocycles. The van der Waals surface area contributed by atoms with E-state index in [9.17, 15) is 0 Å². The van der Waals surface area contributed by atoms with Gasteiger partial charge in [0, 0.05) is 38.9 Å². The second kappa shape index (κ2) is 16.5. The summed E-state index contributed by atoms with van der Waals surface area (Å²) in [5.74, 6) is 1.83. The molecule has 1 unspecified atom stereocenters. The summed E-state index contributed by atoms with van der Waals surface area (Å²) in [5, 5.41) is 3.78. The fraction of sp³-hybridized carbons (Fsp3) is 0.0984. The molecule has 0 fully saturated rings. The summed E-state index contributed by atoms with van der Waals surface area (Å²) < 4.78 is 7.17. The van der Waals surface area contributed by atoms with Crippen LogP contribution < -0.4 is 10.1 Å². The molecule has 0 spiro atoms. The summed E-state index contributed by atoms with van der Waals surface area (Å²) in [7, 11) is 0. The average molecular weight is 825 g/mol. The Labute approximate surface area is 376 Å². The predicted molar refractivity (Wildman–Crippen MR) is 266 cm³/mol. The molecule has 3 heteroatoms. The van der Waals surface area contributed by atoms with Gasteiger partial charge in [0.15, 0.2) is 0 Å². The van der Waals surface area contributed by atoms with E-state index in [0.717, 1.165) is 80.4 Å². The summed E-state index contributed by atoms with van der Waals surface area (Å²) in [5.41, 5.74) is 18.9. The van der Waals surface area contributed by atoms with Crippen molar-refractivity contribution in [1.29, 1.82) is 0 Å². The standard InChI is InChI=1S/C61H48N2O/c1-61(2)53-27-15-25-51(43-33-29-41(30-34-43)49-37-55(45-17-7-3-8-18-45)62-56(38-49)46-19-9-4-10-20-46)59(53)64-60-52(26-16-28-54(60)61)44-35-31-42(32-36-44)50-39-57(47-21-11-5-12-22-47)63-58(40-50)48-23-13-6-14-24-48/h3-5,7-13,15-40,55,62H,6,14H2,1-2H3. The molecule has 0 saturated heterocycles. The zero-order valence-corrected chi connectivity index (χ0v) is 36.1. The van der Waals surface area contributed by atoms with Gasteiger partial charge >= 0.3 is 0 Å². The van der Waals surface area contributed by atoms with E-state index in [1.807, 2.05) is 0 Å². The van der Waals surface area contributed by atoms with Gasteiger partial charge in [0.1, 0.15) is 11.5 Å². The Kier molecular flexibility index (Phi) is 10.1. The van der Waals surface area contributed by atoms with E-state index >= 15 is 0 Å². The first-order valence-electron chi connectivity index (χ1n) is 22.4. The molecular weight excluding hydrogens is 777 g/mol. The number of nitrogens with one attached hydrogen (secondary N) is 1. The van der Waals surface area contributed by atoms with Crippen molar-refractivity contribution < 1.29 is 4.74 Å². The molecule has 1 N–H and O–H groups in total. The molecular formula is C61H48N2O. The first-order chi connectivity index (χ1) is 31.5. The van der Waals surface area contributed by atoms with Crippen molar-refractivity contribution in [2.45, 2.75) is 38.1 Å². The van der Waals surface area contributed by atoms with E-state index < -0.39 is 0 Å². The zero-order valence-electron chi connectivity index (χ0n) is 36.1. The molecule has 3 aliphatic rings. The van der Waals surface area contributed by atoms with Gasteiger partial charge in [0.05, 0.1) is 17.4 Å². The quantitative estimate of drug-likeness (QED) is 0.166. The molecule has 0 amide bonds. The SMILES string of the molecule is CC1(C)c2cccc(-c3ccc(C4=CC(c5ccccc5)NC(c5ccccc5)=C4)cc3)c2Oc2c(-c3ccc(-c4cc(C5=CCCC=C5)nc(-c5ccccc5)c4)cc3)cccc21. The highest BCUT2D eigenvalue weighted by Gasteiger charge is 2.37. The fourth-order valence-corrected chi connectivity index (χ4v) is 9.51. The third-order valence-electron chi connectivity index (χ3n) is 13.0. The Bertz CT molecular complexity index is 3140. The first kappa shape index (κ1) is 39.1. The van der Waals surface area contributed by atoms with Crippen LogP contribution in [0, 0.1) is 0 Å². The molecule has 1 aliphatic carbocycles. The molecule has 3 nitrogen and oxygen atoms in total. The topological polar surface area (TPSA) is 34.1 Å². The van der Waals surface area contributed by atoms with Gasteiger partial charge in [0.25, 0.3) is 0 Å². The number of nitrogens with zero attached hydrogens (tertiary/aromatic N) is 1. The molecule has 64 heavy (non-hydrogen) atoms. The Hall–Kier alpha value is -7.75. The maximum absolute atomic E-state index is 7.17. The summed E-state index contributed by atoms with van der Waals surface area (Å²) in [6.45, 7) is 4.64. The van der Waals surface area contributed by atoms with Gasteiger partial charge in [0.2, 0.25) is 0 Å². The number of hydrogen-bond acceptors (Lipinski definition) is 3. The molecule has 308 valence electrons. The highest BCUT2D eigenvalue weighted by molar-refractivity contribution is 5.88. The minimum Gasteiger partial charge on any atom is -0.455 e. The van der Waals surface area contributed by atoms with E-state index in [1.165, 1.54) is 39.0 Å². The lowest BCUT2D eigenvalue weighted by atomic mass is 9.74. The lowest BCUT2D eigenvalue weighted by Gasteiger charge is -2.36. The predicted octanol–water partition coefficient (Wildman–Crippen LogP) is 15.7. The van der Waals surface area contributed by atoms with Gasteiger partial charge in [-0.1, -0.05) is 208 Å². The van der Waals surface area contributed by atoms with Crippen molar-refractivity contribution in [3.8, 4) is 56.1 Å². The number of benzene rings is 7. The van der Waals surface area contributed by atoms with Crippen molar-refractivity contribution >= 4 is 16.8 Å². The molecule has 2 aliphatic heterocycles. The zero-order chi connectivity index (χ0) is 43.0. The van der Waals surface area contributed by atoms with Crippen LogP contribution in [0.1, 0.15) is 66.2 Å². The molecule has 0 radical (unpaired) electrons. The molecule has 11 rings (SSSR count). The van der Waals surface area contributed by atoms with E-state index in [0.29, 0.717) is 0 Å². The number of rotatable bonds is 8. The molecule has 7 aromatic carbocycles. The smallest absolute Gasteiger partial charge is 0.139 e. The van der Waals surface area contributed by atoms with E-state index in [2.05, 4.69) is 238 Å². The Balaban J connectivity index is 0.925. The maximum atomic E-state index is 7.17. The normalized spacial score (nSPS) is 16.0.